The van der Waals surface area contributed by atoms with E-state index in [0.29, 0.717) is 22.4 Å². The van der Waals surface area contributed by atoms with Crippen LogP contribution in [0, 0.1) is 13.8 Å². The zero-order chi connectivity index (χ0) is 19.1. The van der Waals surface area contributed by atoms with E-state index in [-0.39, 0.29) is 19.1 Å². The summed E-state index contributed by atoms with van der Waals surface area (Å²) >= 11 is 6.34. The number of nitrogens with one attached hydrogen (secondary N) is 1. The molecule has 0 unspecified atom stereocenters. The predicted octanol–water partition coefficient (Wildman–Crippen LogP) is 1.20. The molecule has 0 spiro atoms. The Labute approximate surface area is 161 Å². The zero-order valence-electron chi connectivity index (χ0n) is 14.6. The van der Waals surface area contributed by atoms with Crippen molar-refractivity contribution in [1.29, 1.82) is 0 Å². The first-order valence-corrected chi connectivity index (χ1v) is 9.35. The molecule has 1 fully saturated rings. The Hall–Kier alpha value is -2.13. The molecule has 7 nitrogen and oxygen atoms in total. The van der Waals surface area contributed by atoms with Crippen molar-refractivity contribution in [1.82, 2.24) is 10.2 Å². The molecule has 2 amide bonds. The van der Waals surface area contributed by atoms with Crippen LogP contribution in [0.15, 0.2) is 18.2 Å². The summed E-state index contributed by atoms with van der Waals surface area (Å²) in [7, 11) is 0. The molecule has 0 bridgehead atoms. The summed E-state index contributed by atoms with van der Waals surface area (Å²) in [5, 5.41) is 2.58. The summed E-state index contributed by atoms with van der Waals surface area (Å²) in [6, 6.07) is 5.68. The molecule has 0 aromatic heterocycles. The number of benzene rings is 1. The van der Waals surface area contributed by atoms with Crippen LogP contribution in [-0.2, 0) is 19.1 Å². The number of carbonyl (C=O) groups excluding carboxylic acids is 3. The molecule has 2 rings (SSSR count). The Morgan fingerprint density at radius 1 is 1.31 bits per heavy atom. The molecular formula is C17H20N2O5S2. The number of rotatable bonds is 8. The van der Waals surface area contributed by atoms with Crippen LogP contribution in [0.5, 0.6) is 5.75 Å². The average Bonchev–Trinajstić information content (AvgIpc) is 2.92. The van der Waals surface area contributed by atoms with Gasteiger partial charge >= 0.3 is 5.97 Å². The van der Waals surface area contributed by atoms with Gasteiger partial charge in [-0.3, -0.25) is 14.5 Å². The van der Waals surface area contributed by atoms with Gasteiger partial charge in [0.25, 0.3) is 5.91 Å². The topological polar surface area (TPSA) is 84.9 Å². The molecule has 1 N–H and O–H groups in total. The Bertz CT molecular complexity index is 707. The van der Waals surface area contributed by atoms with E-state index in [9.17, 15) is 14.4 Å². The number of esters is 1. The van der Waals surface area contributed by atoms with Crippen molar-refractivity contribution in [3.8, 4) is 5.75 Å². The number of thiocarbonyl (C=S) groups is 1. The fourth-order valence-corrected chi connectivity index (χ4v) is 3.26. The first kappa shape index (κ1) is 20.2. The molecule has 1 aliphatic heterocycles. The van der Waals surface area contributed by atoms with E-state index in [4.69, 9.17) is 21.7 Å². The summed E-state index contributed by atoms with van der Waals surface area (Å²) < 4.78 is 10.8. The van der Waals surface area contributed by atoms with Crippen molar-refractivity contribution >= 4 is 46.1 Å². The van der Waals surface area contributed by atoms with E-state index >= 15 is 0 Å². The Morgan fingerprint density at radius 2 is 2.08 bits per heavy atom. The first-order chi connectivity index (χ1) is 12.4. The van der Waals surface area contributed by atoms with Crippen LogP contribution in [0.25, 0.3) is 0 Å². The second-order valence-corrected chi connectivity index (χ2v) is 7.28. The van der Waals surface area contributed by atoms with Gasteiger partial charge in [0.15, 0.2) is 13.2 Å². The smallest absolute Gasteiger partial charge is 0.344 e. The van der Waals surface area contributed by atoms with E-state index in [1.54, 1.807) is 0 Å². The third-order valence-corrected chi connectivity index (χ3v) is 4.98. The van der Waals surface area contributed by atoms with Gasteiger partial charge in [-0.25, -0.2) is 4.79 Å². The van der Waals surface area contributed by atoms with Crippen LogP contribution in [-0.4, -0.2) is 59.1 Å². The van der Waals surface area contributed by atoms with Crippen LogP contribution in [0.1, 0.15) is 11.1 Å². The van der Waals surface area contributed by atoms with Crippen LogP contribution in [0.4, 0.5) is 0 Å². The number of thioether (sulfide) groups is 1. The predicted molar refractivity (Wildman–Crippen MR) is 102 cm³/mol. The highest BCUT2D eigenvalue weighted by atomic mass is 32.2. The summed E-state index contributed by atoms with van der Waals surface area (Å²) in [5.41, 5.74) is 1.93. The molecule has 0 saturated carbocycles. The second-order valence-electron chi connectivity index (χ2n) is 5.67. The lowest BCUT2D eigenvalue weighted by molar-refractivity contribution is -0.150. The molecular weight excluding hydrogens is 376 g/mol. The number of ether oxygens (including phenoxy) is 2. The van der Waals surface area contributed by atoms with Crippen molar-refractivity contribution in [3.63, 3.8) is 0 Å². The van der Waals surface area contributed by atoms with Gasteiger partial charge in [0, 0.05) is 13.1 Å². The SMILES string of the molecule is Cc1ccc(C)c(OCC(=O)OCC(=O)NCCN2C(=O)CSC2=S)c1. The fourth-order valence-electron chi connectivity index (χ4n) is 2.14. The molecule has 0 atom stereocenters. The zero-order valence-corrected chi connectivity index (χ0v) is 16.2. The number of aryl methyl sites for hydroxylation is 2. The van der Waals surface area contributed by atoms with Gasteiger partial charge < -0.3 is 14.8 Å². The van der Waals surface area contributed by atoms with Gasteiger partial charge in [-0.1, -0.05) is 36.1 Å². The highest BCUT2D eigenvalue weighted by molar-refractivity contribution is 8.23. The fraction of sp³-hybridized carbons (Fsp3) is 0.412. The molecule has 140 valence electrons. The number of nitrogens with zero attached hydrogens (tertiary/aromatic N) is 1. The van der Waals surface area contributed by atoms with Gasteiger partial charge in [0.05, 0.1) is 5.75 Å². The Balaban J connectivity index is 1.64. The average molecular weight is 396 g/mol. The quantitative estimate of drug-likeness (QED) is 0.522. The maximum atomic E-state index is 11.7. The standard InChI is InChI=1S/C17H20N2O5S2/c1-11-3-4-12(2)13(7-11)23-9-16(22)24-8-14(20)18-5-6-19-15(21)10-26-17(19)25/h3-4,7H,5-6,8-10H2,1-2H3,(H,18,20). The van der Waals surface area contributed by atoms with E-state index in [0.717, 1.165) is 11.1 Å². The molecule has 1 saturated heterocycles. The largest absolute Gasteiger partial charge is 0.482 e. The Kier molecular flexibility index (Phi) is 7.40. The maximum absolute atomic E-state index is 11.7. The van der Waals surface area contributed by atoms with Crippen molar-refractivity contribution in [2.45, 2.75) is 13.8 Å². The normalized spacial score (nSPS) is 13.7. The van der Waals surface area contributed by atoms with Crippen LogP contribution >= 0.6 is 24.0 Å². The van der Waals surface area contributed by atoms with Gasteiger partial charge in [-0.15, -0.1) is 0 Å². The van der Waals surface area contributed by atoms with Crippen molar-refractivity contribution in [3.05, 3.63) is 29.3 Å². The van der Waals surface area contributed by atoms with Gasteiger partial charge in [-0.2, -0.15) is 0 Å². The molecule has 9 heteroatoms. The van der Waals surface area contributed by atoms with Crippen molar-refractivity contribution in [2.75, 3.05) is 32.1 Å². The molecule has 1 aliphatic rings. The third-order valence-electron chi connectivity index (χ3n) is 3.55. The number of carbonyl (C=O) groups is 3. The highest BCUT2D eigenvalue weighted by Gasteiger charge is 2.25. The van der Waals surface area contributed by atoms with E-state index in [1.807, 2.05) is 32.0 Å². The molecule has 1 heterocycles. The highest BCUT2D eigenvalue weighted by Crippen LogP contribution is 2.19. The van der Waals surface area contributed by atoms with E-state index in [1.165, 1.54) is 16.7 Å². The minimum absolute atomic E-state index is 0.0655. The minimum Gasteiger partial charge on any atom is -0.482 e. The van der Waals surface area contributed by atoms with Crippen LogP contribution < -0.4 is 10.1 Å². The molecule has 26 heavy (non-hydrogen) atoms. The molecule has 1 aromatic carbocycles. The second kappa shape index (κ2) is 9.54. The van der Waals surface area contributed by atoms with E-state index < -0.39 is 18.5 Å². The molecule has 0 radical (unpaired) electrons. The van der Waals surface area contributed by atoms with Crippen molar-refractivity contribution in [2.24, 2.45) is 0 Å². The summed E-state index contributed by atoms with van der Waals surface area (Å²) in [5.74, 6) is -0.200. The summed E-state index contributed by atoms with van der Waals surface area (Å²) in [6.07, 6.45) is 0. The van der Waals surface area contributed by atoms with Crippen LogP contribution in [0.2, 0.25) is 0 Å². The maximum Gasteiger partial charge on any atom is 0.344 e. The van der Waals surface area contributed by atoms with Gasteiger partial charge in [0.2, 0.25) is 5.91 Å². The molecule has 0 aliphatic carbocycles. The Morgan fingerprint density at radius 3 is 2.77 bits per heavy atom. The minimum atomic E-state index is -0.631. The number of hydrogen-bond donors (Lipinski definition) is 1. The van der Waals surface area contributed by atoms with Gasteiger partial charge in [0.1, 0.15) is 10.1 Å². The number of hydrogen-bond acceptors (Lipinski definition) is 7. The lowest BCUT2D eigenvalue weighted by Gasteiger charge is -2.15. The third kappa shape index (κ3) is 5.99. The number of amides is 2. The van der Waals surface area contributed by atoms with Gasteiger partial charge in [-0.05, 0) is 31.0 Å². The van der Waals surface area contributed by atoms with Crippen LogP contribution in [0.3, 0.4) is 0 Å². The van der Waals surface area contributed by atoms with E-state index in [2.05, 4.69) is 5.32 Å². The van der Waals surface area contributed by atoms with Crippen molar-refractivity contribution < 1.29 is 23.9 Å². The lowest BCUT2D eigenvalue weighted by atomic mass is 10.1. The first-order valence-electron chi connectivity index (χ1n) is 7.96. The monoisotopic (exact) mass is 396 g/mol. The summed E-state index contributed by atoms with van der Waals surface area (Å²) in [4.78, 5) is 36.4. The molecule has 1 aromatic rings. The lowest BCUT2D eigenvalue weighted by Crippen LogP contribution is -2.38. The summed E-state index contributed by atoms with van der Waals surface area (Å²) in [6.45, 7) is 3.67.